The van der Waals surface area contributed by atoms with Crippen LogP contribution in [-0.4, -0.2) is 5.91 Å². The molecule has 4 aromatic carbocycles. The predicted molar refractivity (Wildman–Crippen MR) is 126 cm³/mol. The van der Waals surface area contributed by atoms with E-state index in [1.54, 1.807) is 18.2 Å². The molecule has 0 aliphatic carbocycles. The van der Waals surface area contributed by atoms with Gasteiger partial charge in [0.15, 0.2) is 0 Å². The van der Waals surface area contributed by atoms with E-state index in [-0.39, 0.29) is 5.91 Å². The molecule has 4 nitrogen and oxygen atoms in total. The molecule has 0 bridgehead atoms. The quantitative estimate of drug-likeness (QED) is 0.336. The number of hydrogen-bond acceptors (Lipinski definition) is 3. The van der Waals surface area contributed by atoms with Crippen LogP contribution < -0.4 is 15.4 Å². The molecule has 0 radical (unpaired) electrons. The molecule has 0 aliphatic heterocycles. The zero-order valence-corrected chi connectivity index (χ0v) is 17.5. The minimum atomic E-state index is -0.251. The van der Waals surface area contributed by atoms with E-state index in [1.807, 2.05) is 84.9 Å². The van der Waals surface area contributed by atoms with Crippen LogP contribution in [0.15, 0.2) is 103 Å². The Morgan fingerprint density at radius 1 is 0.774 bits per heavy atom. The highest BCUT2D eigenvalue weighted by Gasteiger charge is 2.13. The maximum Gasteiger partial charge on any atom is 0.257 e. The molecule has 2 N–H and O–H groups in total. The number of carbonyl (C=O) groups excluding carboxylic acids is 1. The van der Waals surface area contributed by atoms with E-state index in [0.717, 1.165) is 17.0 Å². The van der Waals surface area contributed by atoms with Gasteiger partial charge in [-0.3, -0.25) is 4.79 Å². The van der Waals surface area contributed by atoms with Crippen molar-refractivity contribution in [1.29, 1.82) is 0 Å². The minimum Gasteiger partial charge on any atom is -0.489 e. The number of rotatable bonds is 7. The van der Waals surface area contributed by atoms with Crippen molar-refractivity contribution >= 4 is 34.6 Å². The lowest BCUT2D eigenvalue weighted by atomic mass is 10.1. The van der Waals surface area contributed by atoms with Crippen LogP contribution in [0.25, 0.3) is 0 Å². The van der Waals surface area contributed by atoms with E-state index in [2.05, 4.69) is 10.6 Å². The van der Waals surface area contributed by atoms with Crippen LogP contribution in [0.2, 0.25) is 5.02 Å². The van der Waals surface area contributed by atoms with E-state index < -0.39 is 0 Å². The summed E-state index contributed by atoms with van der Waals surface area (Å²) in [6.45, 7) is 0.490. The average Bonchev–Trinajstić information content (AvgIpc) is 2.81. The van der Waals surface area contributed by atoms with Gasteiger partial charge in [-0.2, -0.15) is 0 Å². The van der Waals surface area contributed by atoms with Crippen LogP contribution in [0.5, 0.6) is 5.75 Å². The monoisotopic (exact) mass is 428 g/mol. The van der Waals surface area contributed by atoms with E-state index in [1.165, 1.54) is 0 Å². The molecular formula is C26H21ClN2O2. The van der Waals surface area contributed by atoms with Crippen molar-refractivity contribution in [3.8, 4) is 5.75 Å². The van der Waals surface area contributed by atoms with Gasteiger partial charge in [0.1, 0.15) is 12.4 Å². The number of carbonyl (C=O) groups is 1. The first-order chi connectivity index (χ1) is 15.2. The fourth-order valence-electron chi connectivity index (χ4n) is 3.06. The average molecular weight is 429 g/mol. The molecule has 1 amide bonds. The summed E-state index contributed by atoms with van der Waals surface area (Å²) in [6, 6.07) is 32.1. The first-order valence-electron chi connectivity index (χ1n) is 9.87. The molecule has 154 valence electrons. The van der Waals surface area contributed by atoms with Crippen molar-refractivity contribution in [3.05, 3.63) is 119 Å². The van der Waals surface area contributed by atoms with E-state index >= 15 is 0 Å². The third kappa shape index (κ3) is 5.65. The summed E-state index contributed by atoms with van der Waals surface area (Å²) in [6.07, 6.45) is 0. The number of halogens is 1. The van der Waals surface area contributed by atoms with Crippen LogP contribution in [0.3, 0.4) is 0 Å². The summed E-state index contributed by atoms with van der Waals surface area (Å²) in [5, 5.41) is 6.68. The van der Waals surface area contributed by atoms with Gasteiger partial charge in [-0.05, 0) is 60.2 Å². The van der Waals surface area contributed by atoms with E-state index in [4.69, 9.17) is 16.3 Å². The highest BCUT2D eigenvalue weighted by Crippen LogP contribution is 2.26. The number of para-hydroxylation sites is 1. The summed E-state index contributed by atoms with van der Waals surface area (Å²) in [4.78, 5) is 12.9. The lowest BCUT2D eigenvalue weighted by Gasteiger charge is -2.13. The number of ether oxygens (including phenoxy) is 1. The molecular weight excluding hydrogens is 408 g/mol. The SMILES string of the molecule is O=C(Nc1ccc(OCc2ccccc2)cc1)c1cc(Cl)ccc1Nc1ccccc1. The molecule has 4 aromatic rings. The Labute approximate surface area is 186 Å². The van der Waals surface area contributed by atoms with Gasteiger partial charge >= 0.3 is 0 Å². The Bertz CT molecular complexity index is 1150. The minimum absolute atomic E-state index is 0.251. The third-order valence-electron chi connectivity index (χ3n) is 4.64. The van der Waals surface area contributed by atoms with Gasteiger partial charge in [-0.25, -0.2) is 0 Å². The van der Waals surface area contributed by atoms with Crippen molar-refractivity contribution in [3.63, 3.8) is 0 Å². The van der Waals surface area contributed by atoms with Gasteiger partial charge in [0.05, 0.1) is 11.3 Å². The molecule has 0 atom stereocenters. The van der Waals surface area contributed by atoms with Crippen molar-refractivity contribution in [2.45, 2.75) is 6.61 Å². The topological polar surface area (TPSA) is 50.4 Å². The lowest BCUT2D eigenvalue weighted by Crippen LogP contribution is -2.14. The number of nitrogens with one attached hydrogen (secondary N) is 2. The molecule has 0 saturated carbocycles. The standard InChI is InChI=1S/C26H21ClN2O2/c27-20-11-16-25(28-21-9-5-2-6-10-21)24(17-20)26(30)29-22-12-14-23(15-13-22)31-18-19-7-3-1-4-8-19/h1-17,28H,18H2,(H,29,30). The normalized spacial score (nSPS) is 10.4. The fourth-order valence-corrected chi connectivity index (χ4v) is 3.24. The molecule has 0 spiro atoms. The Kier molecular flexibility index (Phi) is 6.50. The highest BCUT2D eigenvalue weighted by molar-refractivity contribution is 6.31. The van der Waals surface area contributed by atoms with E-state index in [0.29, 0.717) is 28.6 Å². The highest BCUT2D eigenvalue weighted by atomic mass is 35.5. The molecule has 4 rings (SSSR count). The van der Waals surface area contributed by atoms with Gasteiger partial charge < -0.3 is 15.4 Å². The van der Waals surface area contributed by atoms with Gasteiger partial charge in [-0.15, -0.1) is 0 Å². The van der Waals surface area contributed by atoms with E-state index in [9.17, 15) is 4.79 Å². The van der Waals surface area contributed by atoms with Crippen LogP contribution >= 0.6 is 11.6 Å². The maximum atomic E-state index is 12.9. The molecule has 0 saturated heterocycles. The summed E-state index contributed by atoms with van der Waals surface area (Å²) >= 11 is 6.15. The van der Waals surface area contributed by atoms with Crippen molar-refractivity contribution in [2.75, 3.05) is 10.6 Å². The summed E-state index contributed by atoms with van der Waals surface area (Å²) < 4.78 is 5.80. The second-order valence-electron chi connectivity index (χ2n) is 6.93. The van der Waals surface area contributed by atoms with Crippen molar-refractivity contribution < 1.29 is 9.53 Å². The predicted octanol–water partition coefficient (Wildman–Crippen LogP) is 6.91. The number of hydrogen-bond donors (Lipinski definition) is 2. The summed E-state index contributed by atoms with van der Waals surface area (Å²) in [5.74, 6) is 0.481. The molecule has 0 aliphatic rings. The van der Waals surface area contributed by atoms with Crippen LogP contribution in [0.4, 0.5) is 17.1 Å². The van der Waals surface area contributed by atoms with Crippen molar-refractivity contribution in [2.24, 2.45) is 0 Å². The Morgan fingerprint density at radius 2 is 1.45 bits per heavy atom. The summed E-state index contributed by atoms with van der Waals surface area (Å²) in [5.41, 5.74) is 3.79. The zero-order valence-electron chi connectivity index (χ0n) is 16.7. The third-order valence-corrected chi connectivity index (χ3v) is 4.87. The molecule has 0 unspecified atom stereocenters. The number of anilines is 3. The largest absolute Gasteiger partial charge is 0.489 e. The molecule has 0 aromatic heterocycles. The van der Waals surface area contributed by atoms with Gasteiger partial charge in [0, 0.05) is 16.4 Å². The second-order valence-corrected chi connectivity index (χ2v) is 7.37. The van der Waals surface area contributed by atoms with Gasteiger partial charge in [0.2, 0.25) is 0 Å². The number of benzene rings is 4. The Balaban J connectivity index is 1.43. The smallest absolute Gasteiger partial charge is 0.257 e. The first-order valence-corrected chi connectivity index (χ1v) is 10.2. The fraction of sp³-hybridized carbons (Fsp3) is 0.0385. The lowest BCUT2D eigenvalue weighted by molar-refractivity contribution is 0.102. The molecule has 31 heavy (non-hydrogen) atoms. The number of amides is 1. The van der Waals surface area contributed by atoms with Gasteiger partial charge in [0.25, 0.3) is 5.91 Å². The van der Waals surface area contributed by atoms with Crippen LogP contribution in [0.1, 0.15) is 15.9 Å². The Morgan fingerprint density at radius 3 is 2.16 bits per heavy atom. The molecule has 0 fully saturated rings. The zero-order chi connectivity index (χ0) is 21.5. The van der Waals surface area contributed by atoms with Crippen molar-refractivity contribution in [1.82, 2.24) is 0 Å². The molecule has 5 heteroatoms. The first kappa shape index (κ1) is 20.5. The van der Waals surface area contributed by atoms with Gasteiger partial charge in [-0.1, -0.05) is 60.1 Å². The van der Waals surface area contributed by atoms with Crippen LogP contribution in [0, 0.1) is 0 Å². The van der Waals surface area contributed by atoms with Crippen LogP contribution in [-0.2, 0) is 6.61 Å². The molecule has 0 heterocycles. The maximum absolute atomic E-state index is 12.9. The second kappa shape index (κ2) is 9.83. The summed E-state index contributed by atoms with van der Waals surface area (Å²) in [7, 11) is 0. The Hall–Kier alpha value is -3.76.